The van der Waals surface area contributed by atoms with E-state index < -0.39 is 0 Å². The van der Waals surface area contributed by atoms with Gasteiger partial charge >= 0.3 is 0 Å². The predicted molar refractivity (Wildman–Crippen MR) is 149 cm³/mol. The lowest BCUT2D eigenvalue weighted by Gasteiger charge is -2.26. The minimum Gasteiger partial charge on any atom is -0.492 e. The molecule has 0 saturated carbocycles. The second kappa shape index (κ2) is 18.3. The monoisotopic (exact) mass is 575 g/mol. The molecule has 1 aromatic carbocycles. The predicted octanol–water partition coefficient (Wildman–Crippen LogP) is 3.58. The summed E-state index contributed by atoms with van der Waals surface area (Å²) >= 11 is 0. The van der Waals surface area contributed by atoms with Gasteiger partial charge in [0.1, 0.15) is 12.4 Å². The van der Waals surface area contributed by atoms with Gasteiger partial charge in [-0.05, 0) is 64.0 Å². The van der Waals surface area contributed by atoms with Crippen LogP contribution >= 0.6 is 24.0 Å². The second-order valence-corrected chi connectivity index (χ2v) is 8.36. The molecule has 8 heteroatoms. The molecule has 1 unspecified atom stereocenters. The van der Waals surface area contributed by atoms with Gasteiger partial charge in [-0.3, -0.25) is 4.90 Å². The summed E-state index contributed by atoms with van der Waals surface area (Å²) in [6.45, 7) is 18.9. The number of guanidine groups is 1. The lowest BCUT2D eigenvalue weighted by molar-refractivity contribution is 0.0322. The van der Waals surface area contributed by atoms with Crippen molar-refractivity contribution in [2.45, 2.75) is 53.1 Å². The number of hydrogen-bond donors (Lipinski definition) is 2. The van der Waals surface area contributed by atoms with Gasteiger partial charge in [-0.2, -0.15) is 0 Å². The number of rotatable bonds is 14. The van der Waals surface area contributed by atoms with Crippen LogP contribution in [0.5, 0.6) is 5.75 Å². The number of hydrogen-bond acceptors (Lipinski definition) is 5. The summed E-state index contributed by atoms with van der Waals surface area (Å²) in [5, 5.41) is 6.93. The van der Waals surface area contributed by atoms with E-state index in [0.717, 1.165) is 82.7 Å². The van der Waals surface area contributed by atoms with Crippen LogP contribution in [0, 0.1) is 0 Å². The Kier molecular flexibility index (Phi) is 16.6. The summed E-state index contributed by atoms with van der Waals surface area (Å²) in [6.07, 6.45) is 2.33. The van der Waals surface area contributed by atoms with Gasteiger partial charge in [-0.15, -0.1) is 24.0 Å². The highest BCUT2D eigenvalue weighted by Crippen LogP contribution is 2.14. The summed E-state index contributed by atoms with van der Waals surface area (Å²) < 4.78 is 11.4. The van der Waals surface area contributed by atoms with Crippen LogP contribution in [0.25, 0.3) is 0 Å². The largest absolute Gasteiger partial charge is 0.492 e. The third-order valence-corrected chi connectivity index (χ3v) is 5.83. The normalized spacial score (nSPS) is 15.7. The van der Waals surface area contributed by atoms with E-state index >= 15 is 0 Å². The number of ether oxygens (including phenoxy) is 2. The quantitative estimate of drug-likeness (QED) is 0.201. The Morgan fingerprint density at radius 3 is 2.67 bits per heavy atom. The van der Waals surface area contributed by atoms with Crippen molar-refractivity contribution in [1.29, 1.82) is 0 Å². The molecule has 1 aliphatic heterocycles. The standard InChI is InChI=1S/C25H45N5O2.HI/c1-5-26-25(28-22(4)10-9-13-29(6-2)7-3)27-21-23-11-8-12-24(20-23)32-19-16-30-14-17-31-18-15-30;/h8,11-12,20,22H,5-7,9-10,13-19,21H2,1-4H3,(H2,26,27,28);1H. The van der Waals surface area contributed by atoms with Crippen LogP contribution in [0.4, 0.5) is 0 Å². The fourth-order valence-corrected chi connectivity index (χ4v) is 3.81. The molecule has 2 rings (SSSR count). The fraction of sp³-hybridized carbons (Fsp3) is 0.720. The minimum atomic E-state index is 0. The molecule has 0 radical (unpaired) electrons. The van der Waals surface area contributed by atoms with Crippen molar-refractivity contribution in [3.63, 3.8) is 0 Å². The summed E-state index contributed by atoms with van der Waals surface area (Å²) in [5.41, 5.74) is 1.15. The fourth-order valence-electron chi connectivity index (χ4n) is 3.81. The van der Waals surface area contributed by atoms with Crippen molar-refractivity contribution in [3.05, 3.63) is 29.8 Å². The van der Waals surface area contributed by atoms with E-state index in [1.165, 1.54) is 6.42 Å². The number of nitrogens with zero attached hydrogens (tertiary/aromatic N) is 3. The Morgan fingerprint density at radius 2 is 1.97 bits per heavy atom. The van der Waals surface area contributed by atoms with Crippen LogP contribution in [0.3, 0.4) is 0 Å². The first-order valence-electron chi connectivity index (χ1n) is 12.4. The molecule has 33 heavy (non-hydrogen) atoms. The van der Waals surface area contributed by atoms with E-state index in [4.69, 9.17) is 14.5 Å². The van der Waals surface area contributed by atoms with Crippen LogP contribution in [-0.2, 0) is 11.3 Å². The number of halogens is 1. The lowest BCUT2D eigenvalue weighted by Crippen LogP contribution is -2.42. The summed E-state index contributed by atoms with van der Waals surface area (Å²) in [4.78, 5) is 9.66. The lowest BCUT2D eigenvalue weighted by atomic mass is 10.2. The molecule has 1 heterocycles. The average Bonchev–Trinajstić information content (AvgIpc) is 2.81. The molecule has 7 nitrogen and oxygen atoms in total. The summed E-state index contributed by atoms with van der Waals surface area (Å²) in [5.74, 6) is 1.79. The molecule has 1 atom stereocenters. The Balaban J connectivity index is 0.00000544. The Bertz CT molecular complexity index is 651. The van der Waals surface area contributed by atoms with Crippen LogP contribution in [-0.4, -0.2) is 87.4 Å². The van der Waals surface area contributed by atoms with E-state index in [-0.39, 0.29) is 24.0 Å². The maximum Gasteiger partial charge on any atom is 0.191 e. The summed E-state index contributed by atoms with van der Waals surface area (Å²) in [6, 6.07) is 8.66. The number of benzene rings is 1. The van der Waals surface area contributed by atoms with E-state index in [2.05, 4.69) is 60.3 Å². The zero-order valence-corrected chi connectivity index (χ0v) is 23.5. The molecule has 0 aromatic heterocycles. The second-order valence-electron chi connectivity index (χ2n) is 8.36. The maximum atomic E-state index is 5.98. The highest BCUT2D eigenvalue weighted by atomic mass is 127. The molecule has 1 saturated heterocycles. The van der Waals surface area contributed by atoms with E-state index in [1.54, 1.807) is 0 Å². The topological polar surface area (TPSA) is 61.4 Å². The van der Waals surface area contributed by atoms with Crippen LogP contribution in [0.2, 0.25) is 0 Å². The molecular weight excluding hydrogens is 529 g/mol. The van der Waals surface area contributed by atoms with Crippen molar-refractivity contribution >= 4 is 29.9 Å². The highest BCUT2D eigenvalue weighted by Gasteiger charge is 2.10. The smallest absolute Gasteiger partial charge is 0.191 e. The molecule has 1 aliphatic rings. The number of aliphatic imine (C=N–C) groups is 1. The van der Waals surface area contributed by atoms with Gasteiger partial charge in [-0.25, -0.2) is 4.99 Å². The van der Waals surface area contributed by atoms with E-state index in [1.807, 2.05) is 12.1 Å². The van der Waals surface area contributed by atoms with E-state index in [0.29, 0.717) is 19.2 Å². The van der Waals surface area contributed by atoms with Gasteiger partial charge in [0.2, 0.25) is 0 Å². The van der Waals surface area contributed by atoms with Crippen LogP contribution in [0.15, 0.2) is 29.3 Å². The van der Waals surface area contributed by atoms with Gasteiger partial charge in [0.25, 0.3) is 0 Å². The SMILES string of the molecule is CCNC(=NCc1cccc(OCCN2CCOCC2)c1)NC(C)CCCN(CC)CC.I. The third-order valence-electron chi connectivity index (χ3n) is 5.83. The van der Waals surface area contributed by atoms with Crippen molar-refractivity contribution in [3.8, 4) is 5.75 Å². The molecule has 1 aromatic rings. The van der Waals surface area contributed by atoms with E-state index in [9.17, 15) is 0 Å². The third kappa shape index (κ3) is 12.8. The van der Waals surface area contributed by atoms with Crippen molar-refractivity contribution < 1.29 is 9.47 Å². The molecule has 190 valence electrons. The Labute approximate surface area is 218 Å². The van der Waals surface area contributed by atoms with Gasteiger partial charge in [-0.1, -0.05) is 26.0 Å². The van der Waals surface area contributed by atoms with Gasteiger partial charge in [0.15, 0.2) is 5.96 Å². The minimum absolute atomic E-state index is 0. The van der Waals surface area contributed by atoms with Gasteiger partial charge in [0.05, 0.1) is 19.8 Å². The summed E-state index contributed by atoms with van der Waals surface area (Å²) in [7, 11) is 0. The molecule has 2 N–H and O–H groups in total. The maximum absolute atomic E-state index is 5.98. The Hall–Kier alpha value is -1.10. The molecule has 0 aliphatic carbocycles. The zero-order chi connectivity index (χ0) is 23.0. The molecule has 0 bridgehead atoms. The van der Waals surface area contributed by atoms with Crippen molar-refractivity contribution in [2.75, 3.05) is 65.6 Å². The molecule has 0 spiro atoms. The highest BCUT2D eigenvalue weighted by molar-refractivity contribution is 14.0. The molecule has 1 fully saturated rings. The van der Waals surface area contributed by atoms with Crippen molar-refractivity contribution in [2.24, 2.45) is 4.99 Å². The molecule has 0 amide bonds. The van der Waals surface area contributed by atoms with Crippen molar-refractivity contribution in [1.82, 2.24) is 20.4 Å². The first-order chi connectivity index (χ1) is 15.6. The van der Waals surface area contributed by atoms with Gasteiger partial charge < -0.3 is 25.0 Å². The first kappa shape index (κ1) is 29.9. The number of nitrogens with one attached hydrogen (secondary N) is 2. The molecular formula is C25H46IN5O2. The average molecular weight is 576 g/mol. The number of morpholine rings is 1. The van der Waals surface area contributed by atoms with Gasteiger partial charge in [0, 0.05) is 32.2 Å². The van der Waals surface area contributed by atoms with Crippen LogP contribution < -0.4 is 15.4 Å². The first-order valence-corrected chi connectivity index (χ1v) is 12.4. The Morgan fingerprint density at radius 1 is 1.21 bits per heavy atom. The zero-order valence-electron chi connectivity index (χ0n) is 21.1. The van der Waals surface area contributed by atoms with Crippen LogP contribution in [0.1, 0.15) is 46.1 Å².